The number of fused-ring (bicyclic) bond motifs is 1. The number of carboxylic acids is 1. The molecule has 4 heterocycles. The molecule has 0 unspecified atom stereocenters. The molecule has 2 saturated heterocycles. The number of nitrogens with zero attached hydrogens (tertiary/aromatic N) is 5. The Morgan fingerprint density at radius 3 is 2.68 bits per heavy atom. The highest BCUT2D eigenvalue weighted by atomic mass is 16.4. The average Bonchev–Trinajstić information content (AvgIpc) is 3.25. The van der Waals surface area contributed by atoms with Crippen LogP contribution >= 0.6 is 0 Å². The van der Waals surface area contributed by atoms with E-state index in [0.29, 0.717) is 11.4 Å². The topological polar surface area (TPSA) is 74.5 Å². The molecule has 0 aliphatic carbocycles. The molecule has 0 saturated carbocycles. The van der Waals surface area contributed by atoms with Crippen LogP contribution in [0.25, 0.3) is 10.9 Å². The third-order valence-corrected chi connectivity index (χ3v) is 6.10. The standard InChI is InChI=1S/C21H23N5O2/c1-24-10-16(17-4-2-3-5-18(17)24)11-25-12-21(13-25)6-7-26(14-21)20-22-8-15(9-23-20)19(27)28/h2-5,8-10H,6-7,11-14H2,1H3,(H,27,28). The molecule has 144 valence electrons. The van der Waals surface area contributed by atoms with E-state index in [0.717, 1.165) is 39.1 Å². The number of likely N-dealkylation sites (tertiary alicyclic amines) is 1. The molecule has 0 bridgehead atoms. The number of aryl methyl sites for hydroxylation is 1. The number of hydrogen-bond donors (Lipinski definition) is 1. The van der Waals surface area contributed by atoms with Gasteiger partial charge in [-0.15, -0.1) is 0 Å². The summed E-state index contributed by atoms with van der Waals surface area (Å²) in [6.07, 6.45) is 6.16. The third kappa shape index (κ3) is 2.82. The van der Waals surface area contributed by atoms with Crippen LogP contribution in [0.1, 0.15) is 22.3 Å². The highest BCUT2D eigenvalue weighted by Crippen LogP contribution is 2.41. The first-order valence-electron chi connectivity index (χ1n) is 9.59. The number of hydrogen-bond acceptors (Lipinski definition) is 5. The fraction of sp³-hybridized carbons (Fsp3) is 0.381. The normalized spacial score (nSPS) is 18.7. The van der Waals surface area contributed by atoms with E-state index in [1.807, 2.05) is 0 Å². The first-order chi connectivity index (χ1) is 13.5. The zero-order valence-corrected chi connectivity index (χ0v) is 15.9. The third-order valence-electron chi connectivity index (χ3n) is 6.10. The molecular formula is C21H23N5O2. The van der Waals surface area contributed by atoms with Gasteiger partial charge in [-0.3, -0.25) is 4.90 Å². The number of aromatic carboxylic acids is 1. The van der Waals surface area contributed by atoms with E-state index >= 15 is 0 Å². The fourth-order valence-electron chi connectivity index (χ4n) is 4.77. The van der Waals surface area contributed by atoms with E-state index in [2.05, 4.69) is 61.8 Å². The molecule has 0 radical (unpaired) electrons. The van der Waals surface area contributed by atoms with Gasteiger partial charge in [-0.1, -0.05) is 18.2 Å². The van der Waals surface area contributed by atoms with Gasteiger partial charge >= 0.3 is 5.97 Å². The zero-order chi connectivity index (χ0) is 19.3. The first kappa shape index (κ1) is 17.2. The average molecular weight is 377 g/mol. The summed E-state index contributed by atoms with van der Waals surface area (Å²) >= 11 is 0. The van der Waals surface area contributed by atoms with Crippen molar-refractivity contribution in [3.63, 3.8) is 0 Å². The van der Waals surface area contributed by atoms with Crippen molar-refractivity contribution in [1.82, 2.24) is 19.4 Å². The molecule has 3 aromatic rings. The Balaban J connectivity index is 1.23. The van der Waals surface area contributed by atoms with E-state index in [1.165, 1.54) is 28.9 Å². The summed E-state index contributed by atoms with van der Waals surface area (Å²) in [5.74, 6) is -0.359. The van der Waals surface area contributed by atoms with E-state index in [-0.39, 0.29) is 5.56 Å². The van der Waals surface area contributed by atoms with Gasteiger partial charge in [-0.2, -0.15) is 0 Å². The quantitative estimate of drug-likeness (QED) is 0.753. The molecular weight excluding hydrogens is 354 g/mol. The van der Waals surface area contributed by atoms with Crippen LogP contribution in [0.3, 0.4) is 0 Å². The molecule has 7 heteroatoms. The molecule has 5 rings (SSSR count). The van der Waals surface area contributed by atoms with Gasteiger partial charge in [0.1, 0.15) is 0 Å². The Hall–Kier alpha value is -2.93. The second-order valence-electron chi connectivity index (χ2n) is 8.18. The molecule has 0 amide bonds. The van der Waals surface area contributed by atoms with Crippen molar-refractivity contribution in [2.75, 3.05) is 31.1 Å². The van der Waals surface area contributed by atoms with Gasteiger partial charge in [-0.25, -0.2) is 14.8 Å². The second-order valence-corrected chi connectivity index (χ2v) is 8.18. The molecule has 1 N–H and O–H groups in total. The van der Waals surface area contributed by atoms with Crippen molar-refractivity contribution in [2.45, 2.75) is 13.0 Å². The summed E-state index contributed by atoms with van der Waals surface area (Å²) in [6.45, 7) is 5.01. The van der Waals surface area contributed by atoms with Crippen LogP contribution in [0.15, 0.2) is 42.9 Å². The Kier molecular flexibility index (Phi) is 3.87. The lowest BCUT2D eigenvalue weighted by Gasteiger charge is -2.48. The monoisotopic (exact) mass is 377 g/mol. The van der Waals surface area contributed by atoms with Gasteiger partial charge in [0, 0.05) is 74.7 Å². The summed E-state index contributed by atoms with van der Waals surface area (Å²) in [7, 11) is 2.11. The largest absolute Gasteiger partial charge is 0.478 e. The molecule has 2 aliphatic heterocycles. The first-order valence-corrected chi connectivity index (χ1v) is 9.59. The molecule has 0 atom stereocenters. The van der Waals surface area contributed by atoms with Crippen molar-refractivity contribution < 1.29 is 9.90 Å². The van der Waals surface area contributed by atoms with E-state index in [1.54, 1.807) is 0 Å². The lowest BCUT2D eigenvalue weighted by atomic mass is 9.79. The zero-order valence-electron chi connectivity index (χ0n) is 15.9. The Morgan fingerprint density at radius 1 is 1.18 bits per heavy atom. The van der Waals surface area contributed by atoms with Crippen LogP contribution < -0.4 is 4.90 Å². The molecule has 2 aromatic heterocycles. The Labute approximate surface area is 163 Å². The molecule has 28 heavy (non-hydrogen) atoms. The minimum absolute atomic E-state index is 0.127. The minimum Gasteiger partial charge on any atom is -0.478 e. The summed E-state index contributed by atoms with van der Waals surface area (Å²) < 4.78 is 2.20. The number of anilines is 1. The Bertz CT molecular complexity index is 1040. The number of rotatable bonds is 4. The lowest BCUT2D eigenvalue weighted by Crippen LogP contribution is -2.56. The smallest absolute Gasteiger partial charge is 0.338 e. The number of carboxylic acid groups (broad SMARTS) is 1. The van der Waals surface area contributed by atoms with Crippen LogP contribution in [0, 0.1) is 5.41 Å². The van der Waals surface area contributed by atoms with Crippen LogP contribution in [-0.4, -0.2) is 56.7 Å². The maximum atomic E-state index is 11.0. The van der Waals surface area contributed by atoms with Crippen molar-refractivity contribution >= 4 is 22.8 Å². The van der Waals surface area contributed by atoms with Crippen molar-refractivity contribution in [1.29, 1.82) is 0 Å². The van der Waals surface area contributed by atoms with Gasteiger partial charge in [0.2, 0.25) is 5.95 Å². The summed E-state index contributed by atoms with van der Waals surface area (Å²) in [6, 6.07) is 8.56. The van der Waals surface area contributed by atoms with Gasteiger partial charge in [0.05, 0.1) is 5.56 Å². The van der Waals surface area contributed by atoms with Gasteiger partial charge in [0.15, 0.2) is 0 Å². The number of para-hydroxylation sites is 1. The van der Waals surface area contributed by atoms with Crippen LogP contribution in [0.5, 0.6) is 0 Å². The fourth-order valence-corrected chi connectivity index (χ4v) is 4.77. The highest BCUT2D eigenvalue weighted by Gasteiger charge is 2.48. The molecule has 7 nitrogen and oxygen atoms in total. The number of aromatic nitrogens is 3. The van der Waals surface area contributed by atoms with E-state index in [9.17, 15) is 4.79 Å². The van der Waals surface area contributed by atoms with E-state index in [4.69, 9.17) is 5.11 Å². The maximum absolute atomic E-state index is 11.0. The SMILES string of the molecule is Cn1cc(CN2CC3(CCN(c4ncc(C(=O)O)cn4)C3)C2)c2ccccc21. The molecule has 2 aliphatic rings. The second kappa shape index (κ2) is 6.31. The summed E-state index contributed by atoms with van der Waals surface area (Å²) in [4.78, 5) is 24.2. The number of benzene rings is 1. The van der Waals surface area contributed by atoms with Crippen molar-refractivity contribution in [2.24, 2.45) is 12.5 Å². The van der Waals surface area contributed by atoms with Crippen molar-refractivity contribution in [3.8, 4) is 0 Å². The van der Waals surface area contributed by atoms with Crippen molar-refractivity contribution in [3.05, 3.63) is 54.0 Å². The van der Waals surface area contributed by atoms with Crippen LogP contribution in [0.4, 0.5) is 5.95 Å². The summed E-state index contributed by atoms with van der Waals surface area (Å²) in [5.41, 5.74) is 3.10. The van der Waals surface area contributed by atoms with Gasteiger partial charge in [-0.05, 0) is 18.1 Å². The minimum atomic E-state index is -0.993. The Morgan fingerprint density at radius 2 is 1.93 bits per heavy atom. The summed E-state index contributed by atoms with van der Waals surface area (Å²) in [5, 5.41) is 10.3. The number of carbonyl (C=O) groups is 1. The molecule has 2 fully saturated rings. The predicted octanol–water partition coefficient (Wildman–Crippen LogP) is 2.38. The highest BCUT2D eigenvalue weighted by molar-refractivity contribution is 5.86. The predicted molar refractivity (Wildman–Crippen MR) is 106 cm³/mol. The molecule has 1 spiro atoms. The molecule has 1 aromatic carbocycles. The van der Waals surface area contributed by atoms with Crippen LogP contribution in [0.2, 0.25) is 0 Å². The lowest BCUT2D eigenvalue weighted by molar-refractivity contribution is 0.0119. The maximum Gasteiger partial charge on any atom is 0.338 e. The van der Waals surface area contributed by atoms with Gasteiger partial charge in [0.25, 0.3) is 0 Å². The van der Waals surface area contributed by atoms with E-state index < -0.39 is 5.97 Å². The van der Waals surface area contributed by atoms with Crippen LogP contribution in [-0.2, 0) is 13.6 Å². The van der Waals surface area contributed by atoms with Gasteiger partial charge < -0.3 is 14.6 Å².